The van der Waals surface area contributed by atoms with E-state index >= 15 is 0 Å². The first kappa shape index (κ1) is 23.6. The maximum Gasteiger partial charge on any atom is 0.226 e. The number of hydrogen-bond acceptors (Lipinski definition) is 3. The van der Waals surface area contributed by atoms with Gasteiger partial charge < -0.3 is 15.6 Å². The quantitative estimate of drug-likeness (QED) is 0.498. The zero-order valence-electron chi connectivity index (χ0n) is 18.5. The fourth-order valence-electron chi connectivity index (χ4n) is 3.46. The number of nitrogens with two attached hydrogens (primary N) is 1. The molecule has 0 aliphatic rings. The molecule has 0 saturated carbocycles. The Morgan fingerprint density at radius 1 is 1.19 bits per heavy atom. The van der Waals surface area contributed by atoms with Crippen LogP contribution in [-0.4, -0.2) is 34.7 Å². The third kappa shape index (κ3) is 6.23. The first-order valence-electron chi connectivity index (χ1n) is 10.7. The van der Waals surface area contributed by atoms with Gasteiger partial charge in [-0.15, -0.1) is 0 Å². The minimum absolute atomic E-state index is 0.148. The molecule has 5 nitrogen and oxygen atoms in total. The summed E-state index contributed by atoms with van der Waals surface area (Å²) in [6, 6.07) is 15.7. The van der Waals surface area contributed by atoms with Gasteiger partial charge in [0.05, 0.1) is 11.1 Å². The number of imidazole rings is 1. The molecule has 1 amide bonds. The molecule has 1 heterocycles. The number of nitrogens with one attached hydrogen (secondary N) is 1. The summed E-state index contributed by atoms with van der Waals surface area (Å²) in [5.74, 6) is 0.256. The lowest BCUT2D eigenvalue weighted by molar-refractivity contribution is -0.129. The number of aromatic nitrogens is 2. The van der Waals surface area contributed by atoms with Gasteiger partial charge in [-0.25, -0.2) is 13.8 Å². The van der Waals surface area contributed by atoms with Crippen LogP contribution in [0.3, 0.4) is 0 Å². The van der Waals surface area contributed by atoms with E-state index in [1.165, 1.54) is 12.1 Å². The van der Waals surface area contributed by atoms with Gasteiger partial charge in [-0.1, -0.05) is 56.3 Å². The van der Waals surface area contributed by atoms with Crippen LogP contribution in [0.4, 0.5) is 8.78 Å². The van der Waals surface area contributed by atoms with E-state index in [-0.39, 0.29) is 11.7 Å². The van der Waals surface area contributed by atoms with Crippen molar-refractivity contribution < 1.29 is 13.6 Å². The van der Waals surface area contributed by atoms with Gasteiger partial charge in [-0.3, -0.25) is 4.79 Å². The Bertz CT molecular complexity index is 1030. The van der Waals surface area contributed by atoms with E-state index in [1.54, 1.807) is 6.07 Å². The van der Waals surface area contributed by atoms with Crippen LogP contribution in [0, 0.1) is 11.2 Å². The summed E-state index contributed by atoms with van der Waals surface area (Å²) in [6.45, 7) is 3.99. The van der Waals surface area contributed by atoms with Gasteiger partial charge in [0.1, 0.15) is 18.3 Å². The normalized spacial score (nSPS) is 12.5. The molecule has 2 aromatic carbocycles. The Balaban J connectivity index is 1.83. The zero-order valence-corrected chi connectivity index (χ0v) is 18.5. The highest BCUT2D eigenvalue weighted by atomic mass is 19.1. The standard InChI is InChI=1S/C25H30F2N4O/c1-25(2,24(32)29-12-11-21(28)15-26)14-23-30-22(19-9-6-10-20(27)13-19)17-31(23)16-18-7-4-3-5-8-18/h3-10,13,17,21H,11-12,14-16,28H2,1-2H3,(H,29,32)/t21-/m1/s1. The summed E-state index contributed by atoms with van der Waals surface area (Å²) in [6.07, 6.45) is 2.66. The number of alkyl halides is 1. The van der Waals surface area contributed by atoms with Crippen molar-refractivity contribution in [3.63, 3.8) is 0 Å². The Hall–Kier alpha value is -3.06. The highest BCUT2D eigenvalue weighted by Gasteiger charge is 2.30. The van der Waals surface area contributed by atoms with Crippen molar-refractivity contribution >= 4 is 5.91 Å². The fourth-order valence-corrected chi connectivity index (χ4v) is 3.46. The SMILES string of the molecule is CC(C)(Cc1nc(-c2cccc(F)c2)cn1Cc1ccccc1)C(=O)NCC[C@@H](N)CF. The van der Waals surface area contributed by atoms with Gasteiger partial charge in [-0.05, 0) is 24.1 Å². The van der Waals surface area contributed by atoms with Gasteiger partial charge >= 0.3 is 0 Å². The van der Waals surface area contributed by atoms with Crippen molar-refractivity contribution in [2.75, 3.05) is 13.2 Å². The second-order valence-corrected chi connectivity index (χ2v) is 8.69. The predicted molar refractivity (Wildman–Crippen MR) is 122 cm³/mol. The van der Waals surface area contributed by atoms with Crippen LogP contribution in [0.5, 0.6) is 0 Å². The van der Waals surface area contributed by atoms with Gasteiger partial charge in [0.15, 0.2) is 0 Å². The summed E-state index contributed by atoms with van der Waals surface area (Å²) in [4.78, 5) is 17.6. The first-order valence-corrected chi connectivity index (χ1v) is 10.7. The lowest BCUT2D eigenvalue weighted by Gasteiger charge is -2.24. The predicted octanol–water partition coefficient (Wildman–Crippen LogP) is 4.11. The van der Waals surface area contributed by atoms with Crippen molar-refractivity contribution in [3.8, 4) is 11.3 Å². The number of carbonyl (C=O) groups is 1. The molecule has 0 aliphatic carbocycles. The van der Waals surface area contributed by atoms with Crippen LogP contribution in [0.15, 0.2) is 60.8 Å². The number of benzene rings is 2. The topological polar surface area (TPSA) is 72.9 Å². The smallest absolute Gasteiger partial charge is 0.226 e. The first-order chi connectivity index (χ1) is 15.3. The zero-order chi connectivity index (χ0) is 23.1. The average Bonchev–Trinajstić information content (AvgIpc) is 3.15. The maximum atomic E-state index is 13.8. The van der Waals surface area contributed by atoms with Crippen LogP contribution in [0.2, 0.25) is 0 Å². The molecule has 3 N–H and O–H groups in total. The Morgan fingerprint density at radius 3 is 2.62 bits per heavy atom. The highest BCUT2D eigenvalue weighted by Crippen LogP contribution is 2.26. The molecule has 0 radical (unpaired) electrons. The van der Waals surface area contributed by atoms with Crippen LogP contribution in [0.1, 0.15) is 31.7 Å². The third-order valence-corrected chi connectivity index (χ3v) is 5.39. The molecule has 170 valence electrons. The minimum Gasteiger partial charge on any atom is -0.356 e. The van der Waals surface area contributed by atoms with E-state index in [4.69, 9.17) is 10.7 Å². The second kappa shape index (κ2) is 10.5. The number of carbonyl (C=O) groups excluding carboxylic acids is 1. The Morgan fingerprint density at radius 2 is 1.94 bits per heavy atom. The number of amides is 1. The molecule has 0 aliphatic heterocycles. The molecule has 0 bridgehead atoms. The van der Waals surface area contributed by atoms with Crippen molar-refractivity contribution in [1.82, 2.24) is 14.9 Å². The molecular weight excluding hydrogens is 410 g/mol. The average molecular weight is 441 g/mol. The van der Waals surface area contributed by atoms with E-state index < -0.39 is 18.1 Å². The summed E-state index contributed by atoms with van der Waals surface area (Å²) >= 11 is 0. The maximum absolute atomic E-state index is 13.8. The van der Waals surface area contributed by atoms with Gasteiger partial charge in [-0.2, -0.15) is 0 Å². The van der Waals surface area contributed by atoms with Crippen molar-refractivity contribution in [2.45, 2.75) is 39.3 Å². The van der Waals surface area contributed by atoms with Crippen LogP contribution in [0.25, 0.3) is 11.3 Å². The van der Waals surface area contributed by atoms with Gasteiger partial charge in [0, 0.05) is 37.3 Å². The third-order valence-electron chi connectivity index (χ3n) is 5.39. The largest absolute Gasteiger partial charge is 0.356 e. The van der Waals surface area contributed by atoms with Crippen LogP contribution in [-0.2, 0) is 17.8 Å². The van der Waals surface area contributed by atoms with Crippen LogP contribution >= 0.6 is 0 Å². The molecule has 3 aromatic rings. The number of halogens is 2. The van der Waals surface area contributed by atoms with E-state index in [9.17, 15) is 13.6 Å². The van der Waals surface area contributed by atoms with E-state index in [0.29, 0.717) is 37.2 Å². The van der Waals surface area contributed by atoms with Crippen LogP contribution < -0.4 is 11.1 Å². The van der Waals surface area contributed by atoms with Crippen molar-refractivity contribution in [1.29, 1.82) is 0 Å². The molecule has 0 fully saturated rings. The molecular formula is C25H30F2N4O. The summed E-state index contributed by atoms with van der Waals surface area (Å²) in [5, 5.41) is 2.85. The number of hydrogen-bond donors (Lipinski definition) is 2. The molecule has 0 unspecified atom stereocenters. The summed E-state index contributed by atoms with van der Waals surface area (Å²) in [7, 11) is 0. The summed E-state index contributed by atoms with van der Waals surface area (Å²) < 4.78 is 28.3. The molecule has 3 rings (SSSR count). The molecule has 7 heteroatoms. The second-order valence-electron chi connectivity index (χ2n) is 8.69. The Labute approximate surface area is 187 Å². The van der Waals surface area contributed by atoms with Gasteiger partial charge in [0.2, 0.25) is 5.91 Å². The minimum atomic E-state index is -0.751. The van der Waals surface area contributed by atoms with E-state index in [0.717, 1.165) is 11.4 Å². The lowest BCUT2D eigenvalue weighted by Crippen LogP contribution is -2.41. The molecule has 32 heavy (non-hydrogen) atoms. The monoisotopic (exact) mass is 440 g/mol. The molecule has 0 spiro atoms. The lowest BCUT2D eigenvalue weighted by atomic mass is 9.87. The van der Waals surface area contributed by atoms with Crippen molar-refractivity contribution in [2.24, 2.45) is 11.1 Å². The fraction of sp³-hybridized carbons (Fsp3) is 0.360. The molecule has 0 saturated heterocycles. The molecule has 1 aromatic heterocycles. The van der Waals surface area contributed by atoms with E-state index in [1.807, 2.05) is 61.0 Å². The number of nitrogens with zero attached hydrogens (tertiary/aromatic N) is 2. The van der Waals surface area contributed by atoms with Gasteiger partial charge in [0.25, 0.3) is 0 Å². The number of rotatable bonds is 10. The highest BCUT2D eigenvalue weighted by molar-refractivity contribution is 5.82. The molecule has 1 atom stereocenters. The summed E-state index contributed by atoms with van der Waals surface area (Å²) in [5.41, 5.74) is 7.27. The van der Waals surface area contributed by atoms with Crippen molar-refractivity contribution in [3.05, 3.63) is 78.0 Å². The van der Waals surface area contributed by atoms with E-state index in [2.05, 4.69) is 5.32 Å². The Kier molecular flexibility index (Phi) is 7.75.